The highest BCUT2D eigenvalue weighted by molar-refractivity contribution is 6.00. The Morgan fingerprint density at radius 3 is 2.56 bits per heavy atom. The summed E-state index contributed by atoms with van der Waals surface area (Å²) in [6.45, 7) is 6.88. The molecule has 0 aliphatic carbocycles. The summed E-state index contributed by atoms with van der Waals surface area (Å²) in [6, 6.07) is 18.9. The Morgan fingerprint density at radius 1 is 1.03 bits per heavy atom. The molecule has 8 nitrogen and oxygen atoms in total. The maximum Gasteiger partial charge on any atom is 0.273 e. The highest BCUT2D eigenvalue weighted by Gasteiger charge is 2.42. The number of fused-ring (bicyclic) bond motifs is 1. The summed E-state index contributed by atoms with van der Waals surface area (Å²) in [5, 5.41) is 27.9. The van der Waals surface area contributed by atoms with Gasteiger partial charge in [-0.05, 0) is 67.6 Å². The number of benzene rings is 3. The summed E-state index contributed by atoms with van der Waals surface area (Å²) in [5.74, 6) is 1.12. The van der Waals surface area contributed by atoms with Crippen molar-refractivity contribution in [2.75, 3.05) is 19.8 Å². The van der Waals surface area contributed by atoms with Crippen LogP contribution in [0.1, 0.15) is 57.7 Å². The largest absolute Gasteiger partial charge is 0.507 e. The van der Waals surface area contributed by atoms with E-state index < -0.39 is 6.04 Å². The second kappa shape index (κ2) is 11.2. The SMILES string of the molecule is CCOc1cc(C2c3c(-c4cc(C)cc(C)c4O)n[nH]c3C(=O)N2CCCO)ccc1OCc1ccccc1. The zero-order valence-corrected chi connectivity index (χ0v) is 22.4. The fraction of sp³-hybridized carbons (Fsp3) is 0.290. The molecule has 0 bridgehead atoms. The van der Waals surface area contributed by atoms with Crippen molar-refractivity contribution in [3.05, 3.63) is 94.2 Å². The molecule has 2 heterocycles. The lowest BCUT2D eigenvalue weighted by atomic mass is 9.94. The Labute approximate surface area is 227 Å². The Bertz CT molecular complexity index is 1480. The van der Waals surface area contributed by atoms with E-state index in [1.165, 1.54) is 0 Å². The number of aromatic nitrogens is 2. The van der Waals surface area contributed by atoms with Gasteiger partial charge in [0.2, 0.25) is 0 Å². The molecule has 3 aromatic carbocycles. The van der Waals surface area contributed by atoms with Gasteiger partial charge < -0.3 is 24.6 Å². The molecule has 0 radical (unpaired) electrons. The van der Waals surface area contributed by atoms with Crippen molar-refractivity contribution in [1.29, 1.82) is 0 Å². The fourth-order valence-corrected chi connectivity index (χ4v) is 5.18. The molecule has 39 heavy (non-hydrogen) atoms. The van der Waals surface area contributed by atoms with Crippen LogP contribution in [0.3, 0.4) is 0 Å². The van der Waals surface area contributed by atoms with Gasteiger partial charge in [0.15, 0.2) is 11.5 Å². The van der Waals surface area contributed by atoms with Crippen LogP contribution < -0.4 is 9.47 Å². The third-order valence-corrected chi connectivity index (χ3v) is 6.94. The molecule has 1 aliphatic rings. The topological polar surface area (TPSA) is 108 Å². The van der Waals surface area contributed by atoms with Crippen LogP contribution in [0.15, 0.2) is 60.7 Å². The summed E-state index contributed by atoms with van der Waals surface area (Å²) >= 11 is 0. The molecular weight excluding hydrogens is 494 g/mol. The fourth-order valence-electron chi connectivity index (χ4n) is 5.18. The number of aromatic amines is 1. The molecule has 1 aromatic heterocycles. The molecule has 5 rings (SSSR count). The van der Waals surface area contributed by atoms with Crippen LogP contribution in [0, 0.1) is 13.8 Å². The van der Waals surface area contributed by atoms with Crippen LogP contribution in [0.5, 0.6) is 17.2 Å². The number of nitrogens with zero attached hydrogens (tertiary/aromatic N) is 2. The lowest BCUT2D eigenvalue weighted by Gasteiger charge is -2.27. The van der Waals surface area contributed by atoms with Crippen molar-refractivity contribution in [2.45, 2.75) is 39.8 Å². The van der Waals surface area contributed by atoms with Crippen LogP contribution in [0.2, 0.25) is 0 Å². The van der Waals surface area contributed by atoms with Crippen molar-refractivity contribution in [1.82, 2.24) is 15.1 Å². The van der Waals surface area contributed by atoms with Gasteiger partial charge in [0, 0.05) is 24.3 Å². The van der Waals surface area contributed by atoms with Crippen molar-refractivity contribution in [3.63, 3.8) is 0 Å². The number of H-pyrrole nitrogens is 1. The van der Waals surface area contributed by atoms with Crippen LogP contribution in [-0.4, -0.2) is 51.0 Å². The van der Waals surface area contributed by atoms with Gasteiger partial charge in [0.25, 0.3) is 5.91 Å². The molecule has 8 heteroatoms. The van der Waals surface area contributed by atoms with E-state index in [9.17, 15) is 15.0 Å². The van der Waals surface area contributed by atoms with Gasteiger partial charge in [0.05, 0.1) is 12.6 Å². The van der Waals surface area contributed by atoms with E-state index in [0.29, 0.717) is 60.2 Å². The predicted molar refractivity (Wildman–Crippen MR) is 148 cm³/mol. The number of phenols is 1. The summed E-state index contributed by atoms with van der Waals surface area (Å²) in [5.41, 5.74) is 5.75. The number of aliphatic hydroxyl groups excluding tert-OH is 1. The first-order valence-electron chi connectivity index (χ1n) is 13.2. The average Bonchev–Trinajstić information content (AvgIpc) is 3.48. The maximum absolute atomic E-state index is 13.5. The molecule has 1 unspecified atom stereocenters. The first-order valence-corrected chi connectivity index (χ1v) is 13.2. The Balaban J connectivity index is 1.59. The van der Waals surface area contributed by atoms with E-state index in [-0.39, 0.29) is 18.3 Å². The lowest BCUT2D eigenvalue weighted by molar-refractivity contribution is 0.0732. The molecule has 0 saturated heterocycles. The molecule has 3 N–H and O–H groups in total. The number of hydrogen-bond donors (Lipinski definition) is 3. The van der Waals surface area contributed by atoms with Crippen LogP contribution >= 0.6 is 0 Å². The normalized spacial score (nSPS) is 14.5. The first kappa shape index (κ1) is 26.3. The van der Waals surface area contributed by atoms with E-state index in [4.69, 9.17) is 9.47 Å². The van der Waals surface area contributed by atoms with Crippen LogP contribution in [0.25, 0.3) is 11.3 Å². The minimum Gasteiger partial charge on any atom is -0.507 e. The van der Waals surface area contributed by atoms with Gasteiger partial charge in [-0.1, -0.05) is 42.5 Å². The number of aryl methyl sites for hydroxylation is 2. The van der Waals surface area contributed by atoms with E-state index in [1.54, 1.807) is 4.90 Å². The Kier molecular flexibility index (Phi) is 7.56. The van der Waals surface area contributed by atoms with Crippen LogP contribution in [0.4, 0.5) is 0 Å². The lowest BCUT2D eigenvalue weighted by Crippen LogP contribution is -2.31. The number of hydrogen-bond acceptors (Lipinski definition) is 6. The number of amides is 1. The molecule has 4 aromatic rings. The molecule has 0 saturated carbocycles. The van der Waals surface area contributed by atoms with Gasteiger partial charge in [-0.3, -0.25) is 9.89 Å². The maximum atomic E-state index is 13.5. The number of aromatic hydroxyl groups is 1. The summed E-state index contributed by atoms with van der Waals surface area (Å²) in [7, 11) is 0. The number of carbonyl (C=O) groups excluding carboxylic acids is 1. The number of phenolic OH excluding ortho intramolecular Hbond substituents is 1. The quantitative estimate of drug-likeness (QED) is 0.258. The van der Waals surface area contributed by atoms with E-state index in [2.05, 4.69) is 10.2 Å². The van der Waals surface area contributed by atoms with Gasteiger partial charge in [-0.25, -0.2) is 0 Å². The smallest absolute Gasteiger partial charge is 0.273 e. The number of aliphatic hydroxyl groups is 1. The molecule has 0 spiro atoms. The van der Waals surface area contributed by atoms with E-state index in [1.807, 2.05) is 81.4 Å². The second-order valence-corrected chi connectivity index (χ2v) is 9.73. The van der Waals surface area contributed by atoms with E-state index in [0.717, 1.165) is 22.3 Å². The van der Waals surface area contributed by atoms with E-state index >= 15 is 0 Å². The molecule has 1 atom stereocenters. The summed E-state index contributed by atoms with van der Waals surface area (Å²) in [4.78, 5) is 15.3. The number of rotatable bonds is 10. The molecule has 1 amide bonds. The summed E-state index contributed by atoms with van der Waals surface area (Å²) in [6.07, 6.45) is 0.431. The van der Waals surface area contributed by atoms with Gasteiger partial charge in [-0.15, -0.1) is 0 Å². The number of carbonyl (C=O) groups is 1. The minimum absolute atomic E-state index is 0.0378. The highest BCUT2D eigenvalue weighted by Crippen LogP contribution is 2.46. The number of nitrogens with one attached hydrogen (secondary N) is 1. The van der Waals surface area contributed by atoms with Crippen molar-refractivity contribution in [3.8, 4) is 28.5 Å². The average molecular weight is 528 g/mol. The van der Waals surface area contributed by atoms with Crippen molar-refractivity contribution in [2.24, 2.45) is 0 Å². The monoisotopic (exact) mass is 527 g/mol. The molecular formula is C31H33N3O5. The first-order chi connectivity index (χ1) is 18.9. The highest BCUT2D eigenvalue weighted by atomic mass is 16.5. The van der Waals surface area contributed by atoms with Gasteiger partial charge in [-0.2, -0.15) is 5.10 Å². The van der Waals surface area contributed by atoms with Crippen molar-refractivity contribution < 1.29 is 24.5 Å². The third kappa shape index (κ3) is 5.07. The molecule has 0 fully saturated rings. The predicted octanol–water partition coefficient (Wildman–Crippen LogP) is 5.30. The van der Waals surface area contributed by atoms with Crippen molar-refractivity contribution >= 4 is 5.91 Å². The molecule has 1 aliphatic heterocycles. The van der Waals surface area contributed by atoms with Gasteiger partial charge >= 0.3 is 0 Å². The Hall–Kier alpha value is -4.30. The summed E-state index contributed by atoms with van der Waals surface area (Å²) < 4.78 is 12.1. The zero-order chi connectivity index (χ0) is 27.5. The van der Waals surface area contributed by atoms with Gasteiger partial charge in [0.1, 0.15) is 23.7 Å². The molecule has 202 valence electrons. The Morgan fingerprint density at radius 2 is 1.82 bits per heavy atom. The third-order valence-electron chi connectivity index (χ3n) is 6.94. The second-order valence-electron chi connectivity index (χ2n) is 9.73. The van der Waals surface area contributed by atoms with Crippen LogP contribution in [-0.2, 0) is 6.61 Å². The number of ether oxygens (including phenoxy) is 2. The standard InChI is InChI=1S/C31H33N3O5/c1-4-38-25-17-22(11-12-24(25)39-18-21-9-6-5-7-10-21)29-26-27(23-16-19(2)15-20(3)30(23)36)32-33-28(26)31(37)34(29)13-8-14-35/h5-7,9-12,15-17,29,35-36H,4,8,13-14,18H2,1-3H3,(H,32,33). The minimum atomic E-state index is -0.490. The zero-order valence-electron chi connectivity index (χ0n) is 22.4.